The van der Waals surface area contributed by atoms with Crippen molar-refractivity contribution in [1.82, 2.24) is 4.31 Å². The van der Waals surface area contributed by atoms with Crippen LogP contribution < -0.4 is 4.74 Å². The summed E-state index contributed by atoms with van der Waals surface area (Å²) in [5, 5.41) is 2.48. The van der Waals surface area contributed by atoms with Crippen molar-refractivity contribution in [3.05, 3.63) is 70.2 Å². The molecule has 3 aromatic carbocycles. The van der Waals surface area contributed by atoms with Crippen LogP contribution in [0.5, 0.6) is 5.75 Å². The molecular formula is C21H18Cl2N2O3S. The van der Waals surface area contributed by atoms with Crippen LogP contribution in [-0.4, -0.2) is 38.8 Å². The van der Waals surface area contributed by atoms with E-state index in [-0.39, 0.29) is 27.2 Å². The molecule has 150 valence electrons. The Hall–Kier alpha value is -2.28. The van der Waals surface area contributed by atoms with Gasteiger partial charge in [-0.1, -0.05) is 65.7 Å². The second-order valence-electron chi connectivity index (χ2n) is 6.58. The smallest absolute Gasteiger partial charge is 0.269 e. The molecule has 0 spiro atoms. The predicted octanol–water partition coefficient (Wildman–Crippen LogP) is 4.80. The number of ether oxygens (including phenoxy) is 1. The van der Waals surface area contributed by atoms with Gasteiger partial charge in [-0.05, 0) is 28.5 Å². The van der Waals surface area contributed by atoms with Crippen LogP contribution in [0.2, 0.25) is 10.0 Å². The van der Waals surface area contributed by atoms with E-state index >= 15 is 0 Å². The minimum atomic E-state index is -3.91. The molecule has 29 heavy (non-hydrogen) atoms. The zero-order chi connectivity index (χ0) is 20.6. The Bertz CT molecular complexity index is 1220. The molecule has 0 N–H and O–H groups in total. The Morgan fingerprint density at radius 1 is 1.07 bits per heavy atom. The number of hydrogen-bond donors (Lipinski definition) is 0. The minimum absolute atomic E-state index is 0.0260. The van der Waals surface area contributed by atoms with Crippen LogP contribution >= 0.6 is 23.2 Å². The molecule has 0 radical (unpaired) electrons. The monoisotopic (exact) mass is 448 g/mol. The molecule has 1 aliphatic rings. The van der Waals surface area contributed by atoms with Gasteiger partial charge in [0.25, 0.3) is 10.0 Å². The first-order valence-corrected chi connectivity index (χ1v) is 11.2. The molecule has 0 saturated heterocycles. The Balaban J connectivity index is 1.72. The molecule has 0 aliphatic carbocycles. The van der Waals surface area contributed by atoms with Crippen molar-refractivity contribution in [3.63, 3.8) is 0 Å². The third kappa shape index (κ3) is 3.56. The third-order valence-electron chi connectivity index (χ3n) is 4.90. The first kappa shape index (κ1) is 20.0. The number of methoxy groups -OCH3 is 1. The maximum absolute atomic E-state index is 13.4. The lowest BCUT2D eigenvalue weighted by atomic mass is 10.0. The van der Waals surface area contributed by atoms with Gasteiger partial charge in [0.1, 0.15) is 15.8 Å². The number of sulfonamides is 1. The van der Waals surface area contributed by atoms with Gasteiger partial charge in [-0.2, -0.15) is 0 Å². The van der Waals surface area contributed by atoms with Gasteiger partial charge in [0, 0.05) is 6.42 Å². The number of hydrogen-bond acceptors (Lipinski definition) is 4. The van der Waals surface area contributed by atoms with Crippen molar-refractivity contribution in [2.45, 2.75) is 11.3 Å². The molecule has 0 aromatic heterocycles. The van der Waals surface area contributed by atoms with Crippen LogP contribution in [0.25, 0.3) is 10.8 Å². The van der Waals surface area contributed by atoms with Gasteiger partial charge in [-0.3, -0.25) is 9.30 Å². The molecule has 0 amide bonds. The first-order chi connectivity index (χ1) is 13.9. The Morgan fingerprint density at radius 2 is 1.83 bits per heavy atom. The highest BCUT2D eigenvalue weighted by Gasteiger charge is 2.34. The van der Waals surface area contributed by atoms with E-state index < -0.39 is 10.0 Å². The molecule has 0 bridgehead atoms. The maximum Gasteiger partial charge on any atom is 0.269 e. The second kappa shape index (κ2) is 7.86. The molecule has 4 rings (SSSR count). The highest BCUT2D eigenvalue weighted by molar-refractivity contribution is 7.89. The molecule has 8 heteroatoms. The lowest BCUT2D eigenvalue weighted by Crippen LogP contribution is -2.35. The normalized spacial score (nSPS) is 14.3. The maximum atomic E-state index is 13.4. The predicted molar refractivity (Wildman–Crippen MR) is 117 cm³/mol. The fraction of sp³-hybridized carbons (Fsp3) is 0.190. The summed E-state index contributed by atoms with van der Waals surface area (Å²) in [6, 6.07) is 16.9. The zero-order valence-electron chi connectivity index (χ0n) is 15.6. The Kier molecular flexibility index (Phi) is 5.42. The van der Waals surface area contributed by atoms with Gasteiger partial charge >= 0.3 is 0 Å². The SMILES string of the molecule is COc1c(S(=O)(=O)N2CCN=C2Cc2cccc3ccccc23)ccc(Cl)c1Cl. The van der Waals surface area contributed by atoms with Gasteiger partial charge in [0.05, 0.1) is 25.2 Å². The summed E-state index contributed by atoms with van der Waals surface area (Å²) >= 11 is 12.2. The molecule has 0 unspecified atom stereocenters. The molecule has 1 heterocycles. The van der Waals surface area contributed by atoms with Crippen molar-refractivity contribution in [2.24, 2.45) is 4.99 Å². The minimum Gasteiger partial charge on any atom is -0.494 e. The summed E-state index contributed by atoms with van der Waals surface area (Å²) in [5.41, 5.74) is 1.02. The zero-order valence-corrected chi connectivity index (χ0v) is 17.9. The van der Waals surface area contributed by atoms with Gasteiger partial charge < -0.3 is 4.74 Å². The summed E-state index contributed by atoms with van der Waals surface area (Å²) in [4.78, 5) is 4.44. The molecule has 0 saturated carbocycles. The molecule has 3 aromatic rings. The fourth-order valence-corrected chi connectivity index (χ4v) is 5.59. The van der Waals surface area contributed by atoms with E-state index in [2.05, 4.69) is 4.99 Å². The number of benzene rings is 3. The topological polar surface area (TPSA) is 59.0 Å². The molecule has 5 nitrogen and oxygen atoms in total. The highest BCUT2D eigenvalue weighted by Crippen LogP contribution is 2.39. The van der Waals surface area contributed by atoms with Crippen LogP contribution in [-0.2, 0) is 16.4 Å². The fourth-order valence-electron chi connectivity index (χ4n) is 3.52. The van der Waals surface area contributed by atoms with E-state index in [0.717, 1.165) is 16.3 Å². The van der Waals surface area contributed by atoms with Gasteiger partial charge in [0.15, 0.2) is 5.75 Å². The van der Waals surface area contributed by atoms with E-state index in [0.29, 0.717) is 18.8 Å². The van der Waals surface area contributed by atoms with Crippen LogP contribution in [0, 0.1) is 0 Å². The quantitative estimate of drug-likeness (QED) is 0.562. The van der Waals surface area contributed by atoms with Crippen LogP contribution in [0.1, 0.15) is 5.56 Å². The Morgan fingerprint density at radius 3 is 2.62 bits per heavy atom. The molecule has 0 atom stereocenters. The summed E-state index contributed by atoms with van der Waals surface area (Å²) in [6.45, 7) is 0.675. The summed E-state index contributed by atoms with van der Waals surface area (Å²) < 4.78 is 33.4. The first-order valence-electron chi connectivity index (χ1n) is 8.98. The van der Waals surface area contributed by atoms with Crippen molar-refractivity contribution in [2.75, 3.05) is 20.2 Å². The lowest BCUT2D eigenvalue weighted by Gasteiger charge is -2.22. The van der Waals surface area contributed by atoms with Crippen molar-refractivity contribution < 1.29 is 13.2 Å². The highest BCUT2D eigenvalue weighted by atomic mass is 35.5. The standard InChI is InChI=1S/C21H18Cl2N2O3S/c1-28-21-18(10-9-17(22)20(21)23)29(26,27)25-12-11-24-19(25)13-15-7-4-6-14-5-2-3-8-16(14)15/h2-10H,11-13H2,1H3. The van der Waals surface area contributed by atoms with E-state index in [1.54, 1.807) is 0 Å². The van der Waals surface area contributed by atoms with Crippen molar-refractivity contribution >= 4 is 49.8 Å². The average Bonchev–Trinajstić information content (AvgIpc) is 3.19. The Labute approximate surface area is 179 Å². The number of fused-ring (bicyclic) bond motifs is 1. The van der Waals surface area contributed by atoms with E-state index in [1.807, 2.05) is 42.5 Å². The number of halogens is 2. The molecular weight excluding hydrogens is 431 g/mol. The summed E-state index contributed by atoms with van der Waals surface area (Å²) in [7, 11) is -2.54. The number of amidine groups is 1. The van der Waals surface area contributed by atoms with Gasteiger partial charge in [0.2, 0.25) is 0 Å². The number of rotatable bonds is 5. The van der Waals surface area contributed by atoms with E-state index in [1.165, 1.54) is 23.5 Å². The van der Waals surface area contributed by atoms with Crippen LogP contribution in [0.3, 0.4) is 0 Å². The van der Waals surface area contributed by atoms with Crippen LogP contribution in [0.4, 0.5) is 0 Å². The number of aliphatic imine (C=N–C) groups is 1. The summed E-state index contributed by atoms with van der Waals surface area (Å²) in [6.07, 6.45) is 0.407. The van der Waals surface area contributed by atoms with Gasteiger partial charge in [-0.15, -0.1) is 0 Å². The molecule has 1 aliphatic heterocycles. The second-order valence-corrected chi connectivity index (χ2v) is 9.20. The number of nitrogens with zero attached hydrogens (tertiary/aromatic N) is 2. The summed E-state index contributed by atoms with van der Waals surface area (Å²) in [5.74, 6) is 0.532. The van der Waals surface area contributed by atoms with Crippen LogP contribution in [0.15, 0.2) is 64.5 Å². The van der Waals surface area contributed by atoms with Crippen molar-refractivity contribution in [3.8, 4) is 5.75 Å². The van der Waals surface area contributed by atoms with Gasteiger partial charge in [-0.25, -0.2) is 8.42 Å². The van der Waals surface area contributed by atoms with E-state index in [4.69, 9.17) is 27.9 Å². The largest absolute Gasteiger partial charge is 0.494 e. The van der Waals surface area contributed by atoms with E-state index in [9.17, 15) is 8.42 Å². The van der Waals surface area contributed by atoms with Crippen molar-refractivity contribution in [1.29, 1.82) is 0 Å². The molecule has 0 fully saturated rings. The third-order valence-corrected chi connectivity index (χ3v) is 7.54. The average molecular weight is 449 g/mol. The lowest BCUT2D eigenvalue weighted by molar-refractivity contribution is 0.401.